The molecule has 1 aliphatic rings. The molecule has 1 unspecified atom stereocenters. The quantitative estimate of drug-likeness (QED) is 0.520. The maximum absolute atomic E-state index is 12.6. The fourth-order valence-electron chi connectivity index (χ4n) is 2.93. The molecular weight excluding hydrogens is 470 g/mol. The molecule has 32 heavy (non-hydrogen) atoms. The third-order valence-electron chi connectivity index (χ3n) is 4.60. The van der Waals surface area contributed by atoms with E-state index in [0.29, 0.717) is 4.91 Å². The van der Waals surface area contributed by atoms with Crippen molar-refractivity contribution in [3.8, 4) is 0 Å². The number of carbonyl (C=O) groups is 3. The molecule has 0 spiro atoms. The van der Waals surface area contributed by atoms with Gasteiger partial charge in [0, 0.05) is 13.1 Å². The Hall–Kier alpha value is -2.47. The van der Waals surface area contributed by atoms with Crippen molar-refractivity contribution in [2.75, 3.05) is 13.1 Å². The summed E-state index contributed by atoms with van der Waals surface area (Å²) in [6.45, 7) is 3.46. The van der Waals surface area contributed by atoms with Crippen LogP contribution >= 0.6 is 23.1 Å². The van der Waals surface area contributed by atoms with Crippen LogP contribution in [0.1, 0.15) is 19.4 Å². The van der Waals surface area contributed by atoms with Crippen LogP contribution in [-0.2, 0) is 19.6 Å². The van der Waals surface area contributed by atoms with Gasteiger partial charge in [-0.25, -0.2) is 8.42 Å². The van der Waals surface area contributed by atoms with Crippen LogP contribution in [0.25, 0.3) is 6.08 Å². The van der Waals surface area contributed by atoms with Gasteiger partial charge in [-0.15, -0.1) is 11.3 Å². The minimum atomic E-state index is -3.82. The number of hydrogen-bond acceptors (Lipinski definition) is 7. The van der Waals surface area contributed by atoms with Gasteiger partial charge in [-0.2, -0.15) is 4.72 Å². The van der Waals surface area contributed by atoms with Gasteiger partial charge in [-0.3, -0.25) is 19.3 Å². The van der Waals surface area contributed by atoms with E-state index in [-0.39, 0.29) is 23.2 Å². The Morgan fingerprint density at radius 3 is 2.47 bits per heavy atom. The van der Waals surface area contributed by atoms with Crippen LogP contribution in [0.4, 0.5) is 4.79 Å². The summed E-state index contributed by atoms with van der Waals surface area (Å²) in [7, 11) is -3.82. The minimum absolute atomic E-state index is 0.00890. The number of hydrogen-bond donors (Lipinski definition) is 2. The minimum Gasteiger partial charge on any atom is -0.353 e. The summed E-state index contributed by atoms with van der Waals surface area (Å²) < 4.78 is 27.5. The van der Waals surface area contributed by atoms with Crippen LogP contribution in [-0.4, -0.2) is 49.5 Å². The number of nitrogens with zero attached hydrogens (tertiary/aromatic N) is 1. The lowest BCUT2D eigenvalue weighted by atomic mass is 10.1. The predicted molar refractivity (Wildman–Crippen MR) is 125 cm³/mol. The number of rotatable bonds is 9. The van der Waals surface area contributed by atoms with E-state index < -0.39 is 33.1 Å². The van der Waals surface area contributed by atoms with Crippen molar-refractivity contribution < 1.29 is 22.8 Å². The molecule has 3 rings (SSSR count). The summed E-state index contributed by atoms with van der Waals surface area (Å²) >= 11 is 1.91. The molecule has 1 aromatic heterocycles. The van der Waals surface area contributed by atoms with Crippen LogP contribution in [0.5, 0.6) is 0 Å². The standard InChI is InChI=1S/C21H23N3O5S3/c1-14(2)18(23-32(28,29)17-9-6-12-30-17)19(25)22-10-11-24-20(26)16(31-21(24)27)13-15-7-4-3-5-8-15/h3-9,12-14,18,23H,10-11H2,1-2H3,(H,22,25)/b16-13+. The number of carbonyl (C=O) groups excluding carboxylic acids is 3. The molecule has 2 aromatic rings. The molecule has 170 valence electrons. The normalized spacial score (nSPS) is 16.7. The van der Waals surface area contributed by atoms with Crippen molar-refractivity contribution in [1.29, 1.82) is 0 Å². The number of thioether (sulfide) groups is 1. The average molecular weight is 494 g/mol. The first-order valence-corrected chi connectivity index (χ1v) is 13.0. The van der Waals surface area contributed by atoms with Crippen LogP contribution in [0.3, 0.4) is 0 Å². The fourth-order valence-corrected chi connectivity index (χ4v) is 6.15. The number of imide groups is 1. The Kier molecular flexibility index (Phi) is 7.88. The van der Waals surface area contributed by atoms with Gasteiger partial charge in [0.25, 0.3) is 21.2 Å². The molecule has 1 aromatic carbocycles. The van der Waals surface area contributed by atoms with Crippen molar-refractivity contribution in [1.82, 2.24) is 14.9 Å². The highest BCUT2D eigenvalue weighted by Gasteiger charge is 2.35. The van der Waals surface area contributed by atoms with Crippen molar-refractivity contribution in [3.05, 3.63) is 58.3 Å². The van der Waals surface area contributed by atoms with Crippen LogP contribution in [0.2, 0.25) is 0 Å². The second kappa shape index (κ2) is 10.4. The number of nitrogens with one attached hydrogen (secondary N) is 2. The first-order valence-electron chi connectivity index (χ1n) is 9.83. The molecule has 8 nitrogen and oxygen atoms in total. The highest BCUT2D eigenvalue weighted by atomic mass is 32.2. The summed E-state index contributed by atoms with van der Waals surface area (Å²) in [5, 5.41) is 3.86. The zero-order valence-corrected chi connectivity index (χ0v) is 19.9. The molecule has 11 heteroatoms. The highest BCUT2D eigenvalue weighted by molar-refractivity contribution is 8.18. The molecule has 3 amide bonds. The Labute approximate surface area is 195 Å². The second-order valence-electron chi connectivity index (χ2n) is 7.31. The summed E-state index contributed by atoms with van der Waals surface area (Å²) in [5.41, 5.74) is 0.809. The van der Waals surface area contributed by atoms with E-state index >= 15 is 0 Å². The van der Waals surface area contributed by atoms with Crippen molar-refractivity contribution in [2.45, 2.75) is 24.1 Å². The maximum atomic E-state index is 12.6. The smallest absolute Gasteiger partial charge is 0.293 e. The zero-order chi connectivity index (χ0) is 23.3. The van der Waals surface area contributed by atoms with Crippen LogP contribution < -0.4 is 10.0 Å². The molecule has 1 fully saturated rings. The van der Waals surface area contributed by atoms with Crippen LogP contribution in [0, 0.1) is 5.92 Å². The van der Waals surface area contributed by atoms with E-state index in [1.54, 1.807) is 31.4 Å². The Balaban J connectivity index is 1.58. The Morgan fingerprint density at radius 1 is 1.12 bits per heavy atom. The number of thiophene rings is 1. The van der Waals surface area contributed by atoms with Gasteiger partial charge >= 0.3 is 0 Å². The summed E-state index contributed by atoms with van der Waals surface area (Å²) in [5.74, 6) is -1.25. The third-order valence-corrected chi connectivity index (χ3v) is 8.34. The summed E-state index contributed by atoms with van der Waals surface area (Å²) in [6.07, 6.45) is 1.65. The zero-order valence-electron chi connectivity index (χ0n) is 17.5. The maximum Gasteiger partial charge on any atom is 0.293 e. The molecule has 0 radical (unpaired) electrons. The van der Waals surface area contributed by atoms with Gasteiger partial charge in [0.15, 0.2) is 0 Å². The molecule has 0 aliphatic carbocycles. The second-order valence-corrected chi connectivity index (χ2v) is 11.2. The molecule has 2 N–H and O–H groups in total. The summed E-state index contributed by atoms with van der Waals surface area (Å²) in [4.78, 5) is 38.8. The fraction of sp³-hybridized carbons (Fsp3) is 0.286. The number of benzene rings is 1. The first-order chi connectivity index (χ1) is 15.2. The van der Waals surface area contributed by atoms with Crippen molar-refractivity contribution in [3.63, 3.8) is 0 Å². The van der Waals surface area contributed by atoms with Crippen LogP contribution in [0.15, 0.2) is 57.0 Å². The van der Waals surface area contributed by atoms with Crippen molar-refractivity contribution >= 4 is 56.3 Å². The lowest BCUT2D eigenvalue weighted by Crippen LogP contribution is -2.50. The molecule has 2 heterocycles. The third kappa shape index (κ3) is 5.85. The molecule has 0 saturated carbocycles. The molecular formula is C21H23N3O5S3. The van der Waals surface area contributed by atoms with Gasteiger partial charge in [0.2, 0.25) is 5.91 Å². The molecule has 1 aliphatic heterocycles. The Bertz CT molecular complexity index is 1110. The van der Waals surface area contributed by atoms with Gasteiger partial charge in [-0.1, -0.05) is 50.2 Å². The van der Waals surface area contributed by atoms with E-state index in [0.717, 1.165) is 33.6 Å². The van der Waals surface area contributed by atoms with E-state index in [4.69, 9.17) is 0 Å². The van der Waals surface area contributed by atoms with E-state index in [1.165, 1.54) is 6.07 Å². The average Bonchev–Trinajstić information content (AvgIpc) is 3.38. The van der Waals surface area contributed by atoms with Gasteiger partial charge in [0.05, 0.1) is 4.91 Å². The molecule has 1 atom stereocenters. The lowest BCUT2D eigenvalue weighted by Gasteiger charge is -2.22. The van der Waals surface area contributed by atoms with Gasteiger partial charge in [-0.05, 0) is 40.8 Å². The molecule has 1 saturated heterocycles. The summed E-state index contributed by atoms with van der Waals surface area (Å²) in [6, 6.07) is 11.3. The predicted octanol–water partition coefficient (Wildman–Crippen LogP) is 2.90. The number of amides is 3. The monoisotopic (exact) mass is 493 g/mol. The van der Waals surface area contributed by atoms with E-state index in [1.807, 2.05) is 30.3 Å². The topological polar surface area (TPSA) is 113 Å². The molecule has 0 bridgehead atoms. The van der Waals surface area contributed by atoms with Gasteiger partial charge in [0.1, 0.15) is 10.3 Å². The largest absolute Gasteiger partial charge is 0.353 e. The van der Waals surface area contributed by atoms with E-state index in [9.17, 15) is 22.8 Å². The lowest BCUT2D eigenvalue weighted by molar-refractivity contribution is -0.125. The van der Waals surface area contributed by atoms with Gasteiger partial charge < -0.3 is 5.32 Å². The highest BCUT2D eigenvalue weighted by Crippen LogP contribution is 2.31. The number of sulfonamides is 1. The van der Waals surface area contributed by atoms with E-state index in [2.05, 4.69) is 10.0 Å². The van der Waals surface area contributed by atoms with Crippen molar-refractivity contribution in [2.24, 2.45) is 5.92 Å². The first kappa shape index (κ1) is 24.2. The SMILES string of the molecule is CC(C)C(NS(=O)(=O)c1cccs1)C(=O)NCCN1C(=O)S/C(=C/c2ccccc2)C1=O. The Morgan fingerprint density at radius 2 is 1.84 bits per heavy atom.